The molecule has 0 spiro atoms. The van der Waals surface area contributed by atoms with Crippen LogP contribution in [0.5, 0.6) is 0 Å². The van der Waals surface area contributed by atoms with Crippen LogP contribution in [-0.2, 0) is 23.8 Å². The normalized spacial score (nSPS) is 22.8. The van der Waals surface area contributed by atoms with Crippen LogP contribution in [0.3, 0.4) is 0 Å². The molecule has 1 aromatic carbocycles. The third kappa shape index (κ3) is 5.13. The molecule has 0 saturated carbocycles. The second kappa shape index (κ2) is 7.91. The van der Waals surface area contributed by atoms with Crippen molar-refractivity contribution in [3.05, 3.63) is 35.9 Å². The molecular weight excluding hydrogens is 288 g/mol. The summed E-state index contributed by atoms with van der Waals surface area (Å²) in [5, 5.41) is 8.66. The van der Waals surface area contributed by atoms with Crippen molar-refractivity contribution in [3.63, 3.8) is 0 Å². The van der Waals surface area contributed by atoms with E-state index in [0.717, 1.165) is 5.56 Å². The van der Waals surface area contributed by atoms with E-state index in [-0.39, 0.29) is 32.0 Å². The highest BCUT2D eigenvalue weighted by Gasteiger charge is 2.26. The average molecular weight is 308 g/mol. The molecule has 6 nitrogen and oxygen atoms in total. The second-order valence-corrected chi connectivity index (χ2v) is 5.43. The maximum absolute atomic E-state index is 11.7. The van der Waals surface area contributed by atoms with Crippen molar-refractivity contribution < 1.29 is 28.9 Å². The van der Waals surface area contributed by atoms with Gasteiger partial charge in [0.15, 0.2) is 6.29 Å². The van der Waals surface area contributed by atoms with Crippen molar-refractivity contribution >= 4 is 11.9 Å². The Kier molecular flexibility index (Phi) is 5.91. The van der Waals surface area contributed by atoms with E-state index in [9.17, 15) is 9.59 Å². The third-order valence-electron chi connectivity index (χ3n) is 3.28. The number of ether oxygens (including phenoxy) is 3. The first-order chi connectivity index (χ1) is 10.5. The standard InChI is InChI=1S/C16H20O6/c1-11(7-14(17)18)8-15(19)22-13-9-20-16(21-10-13)12-5-3-2-4-6-12/h2-6,11,13,16H,7-10H2,1H3,(H,17,18). The fraction of sp³-hybridized carbons (Fsp3) is 0.500. The molecule has 0 aromatic heterocycles. The van der Waals surface area contributed by atoms with Gasteiger partial charge in [-0.3, -0.25) is 9.59 Å². The van der Waals surface area contributed by atoms with E-state index >= 15 is 0 Å². The highest BCUT2D eigenvalue weighted by atomic mass is 16.7. The predicted octanol–water partition coefficient (Wildman–Crippen LogP) is 2.14. The van der Waals surface area contributed by atoms with Crippen LogP contribution in [-0.4, -0.2) is 36.4 Å². The lowest BCUT2D eigenvalue weighted by Gasteiger charge is -2.29. The lowest BCUT2D eigenvalue weighted by atomic mass is 10.0. The van der Waals surface area contributed by atoms with E-state index in [1.54, 1.807) is 6.92 Å². The molecule has 0 radical (unpaired) electrons. The van der Waals surface area contributed by atoms with Gasteiger partial charge < -0.3 is 19.3 Å². The number of carbonyl (C=O) groups is 2. The predicted molar refractivity (Wildman–Crippen MR) is 77.0 cm³/mol. The number of carboxylic acids is 1. The molecule has 0 bridgehead atoms. The first-order valence-corrected chi connectivity index (χ1v) is 7.24. The molecule has 0 amide bonds. The number of benzene rings is 1. The molecule has 1 heterocycles. The third-order valence-corrected chi connectivity index (χ3v) is 3.28. The van der Waals surface area contributed by atoms with Crippen LogP contribution in [0.1, 0.15) is 31.6 Å². The summed E-state index contributed by atoms with van der Waals surface area (Å²) in [4.78, 5) is 22.3. The van der Waals surface area contributed by atoms with Gasteiger partial charge in [-0.2, -0.15) is 0 Å². The first-order valence-electron chi connectivity index (χ1n) is 7.24. The smallest absolute Gasteiger partial charge is 0.306 e. The minimum atomic E-state index is -0.921. The first kappa shape index (κ1) is 16.5. The van der Waals surface area contributed by atoms with Crippen LogP contribution in [0.4, 0.5) is 0 Å². The molecule has 1 saturated heterocycles. The minimum absolute atomic E-state index is 0.0527. The summed E-state index contributed by atoms with van der Waals surface area (Å²) in [5.41, 5.74) is 0.919. The van der Waals surface area contributed by atoms with Crippen molar-refractivity contribution in [2.75, 3.05) is 13.2 Å². The molecule has 120 valence electrons. The van der Waals surface area contributed by atoms with Crippen LogP contribution in [0, 0.1) is 5.92 Å². The molecule has 6 heteroatoms. The molecule has 1 aliphatic heterocycles. The number of aliphatic carboxylic acids is 1. The Morgan fingerprint density at radius 1 is 1.23 bits per heavy atom. The Morgan fingerprint density at radius 2 is 1.86 bits per heavy atom. The number of hydrogen-bond donors (Lipinski definition) is 1. The number of carboxylic acid groups (broad SMARTS) is 1. The van der Waals surface area contributed by atoms with Gasteiger partial charge in [-0.1, -0.05) is 37.3 Å². The summed E-state index contributed by atoms with van der Waals surface area (Å²) in [6.45, 7) is 2.23. The van der Waals surface area contributed by atoms with Crippen molar-refractivity contribution in [1.82, 2.24) is 0 Å². The highest BCUT2D eigenvalue weighted by Crippen LogP contribution is 2.23. The topological polar surface area (TPSA) is 82.1 Å². The summed E-state index contributed by atoms with van der Waals surface area (Å²) in [6, 6.07) is 9.53. The van der Waals surface area contributed by atoms with Crippen LogP contribution in [0.15, 0.2) is 30.3 Å². The molecule has 22 heavy (non-hydrogen) atoms. The second-order valence-electron chi connectivity index (χ2n) is 5.43. The fourth-order valence-corrected chi connectivity index (χ4v) is 2.25. The van der Waals surface area contributed by atoms with Gasteiger partial charge in [0.05, 0.1) is 13.2 Å². The Balaban J connectivity index is 1.73. The van der Waals surface area contributed by atoms with Gasteiger partial charge in [-0.15, -0.1) is 0 Å². The maximum atomic E-state index is 11.7. The lowest BCUT2D eigenvalue weighted by Crippen LogP contribution is -2.35. The molecule has 2 rings (SSSR count). The Hall–Kier alpha value is -1.92. The molecular formula is C16H20O6. The minimum Gasteiger partial charge on any atom is -0.481 e. The lowest BCUT2D eigenvalue weighted by molar-refractivity contribution is -0.230. The fourth-order valence-electron chi connectivity index (χ4n) is 2.25. The molecule has 1 N–H and O–H groups in total. The molecule has 1 aliphatic rings. The van der Waals surface area contributed by atoms with Gasteiger partial charge in [-0.25, -0.2) is 0 Å². The summed E-state index contributed by atoms with van der Waals surface area (Å²) < 4.78 is 16.4. The number of esters is 1. The molecule has 1 atom stereocenters. The van der Waals surface area contributed by atoms with E-state index in [2.05, 4.69) is 0 Å². The summed E-state index contributed by atoms with van der Waals surface area (Å²) >= 11 is 0. The number of hydrogen-bond acceptors (Lipinski definition) is 5. The van der Waals surface area contributed by atoms with Gasteiger partial charge in [-0.05, 0) is 5.92 Å². The van der Waals surface area contributed by atoms with E-state index < -0.39 is 24.3 Å². The Labute approximate surface area is 129 Å². The van der Waals surface area contributed by atoms with Gasteiger partial charge in [0.2, 0.25) is 0 Å². The van der Waals surface area contributed by atoms with Crippen molar-refractivity contribution in [1.29, 1.82) is 0 Å². The molecule has 1 unspecified atom stereocenters. The van der Waals surface area contributed by atoms with E-state index in [0.29, 0.717) is 0 Å². The summed E-state index contributed by atoms with van der Waals surface area (Å²) in [6.07, 6.45) is -0.875. The van der Waals surface area contributed by atoms with Gasteiger partial charge in [0.1, 0.15) is 6.10 Å². The van der Waals surface area contributed by atoms with Crippen LogP contribution >= 0.6 is 0 Å². The Morgan fingerprint density at radius 3 is 2.45 bits per heavy atom. The number of rotatable bonds is 6. The molecule has 1 fully saturated rings. The van der Waals surface area contributed by atoms with Gasteiger partial charge >= 0.3 is 11.9 Å². The molecule has 0 aliphatic carbocycles. The van der Waals surface area contributed by atoms with Crippen molar-refractivity contribution in [2.45, 2.75) is 32.2 Å². The quantitative estimate of drug-likeness (QED) is 0.811. The van der Waals surface area contributed by atoms with Gasteiger partial charge in [0, 0.05) is 18.4 Å². The van der Waals surface area contributed by atoms with Crippen LogP contribution < -0.4 is 0 Å². The Bertz CT molecular complexity index is 493. The van der Waals surface area contributed by atoms with Crippen LogP contribution in [0.2, 0.25) is 0 Å². The monoisotopic (exact) mass is 308 g/mol. The van der Waals surface area contributed by atoms with E-state index in [4.69, 9.17) is 19.3 Å². The SMILES string of the molecule is CC(CC(=O)O)CC(=O)OC1COC(c2ccccc2)OC1. The highest BCUT2D eigenvalue weighted by molar-refractivity contribution is 5.72. The largest absolute Gasteiger partial charge is 0.481 e. The van der Waals surface area contributed by atoms with Crippen LogP contribution in [0.25, 0.3) is 0 Å². The van der Waals surface area contributed by atoms with Crippen molar-refractivity contribution in [2.24, 2.45) is 5.92 Å². The zero-order chi connectivity index (χ0) is 15.9. The van der Waals surface area contributed by atoms with Gasteiger partial charge in [0.25, 0.3) is 0 Å². The average Bonchev–Trinajstić information content (AvgIpc) is 2.47. The maximum Gasteiger partial charge on any atom is 0.306 e. The summed E-state index contributed by atoms with van der Waals surface area (Å²) in [5.74, 6) is -1.60. The van der Waals surface area contributed by atoms with E-state index in [1.807, 2.05) is 30.3 Å². The number of carbonyl (C=O) groups excluding carboxylic acids is 1. The molecule has 1 aromatic rings. The summed E-state index contributed by atoms with van der Waals surface area (Å²) in [7, 11) is 0. The zero-order valence-electron chi connectivity index (χ0n) is 12.4. The van der Waals surface area contributed by atoms with E-state index in [1.165, 1.54) is 0 Å². The van der Waals surface area contributed by atoms with Crippen molar-refractivity contribution in [3.8, 4) is 0 Å². The zero-order valence-corrected chi connectivity index (χ0v) is 12.4.